The van der Waals surface area contributed by atoms with Crippen LogP contribution in [0.4, 0.5) is 5.69 Å². The van der Waals surface area contributed by atoms with E-state index in [1.165, 1.54) is 0 Å². The minimum atomic E-state index is -0.403. The first-order chi connectivity index (χ1) is 14.7. The van der Waals surface area contributed by atoms with Crippen molar-refractivity contribution >= 4 is 34.9 Å². The average molecular weight is 416 g/mol. The van der Waals surface area contributed by atoms with E-state index in [1.54, 1.807) is 6.20 Å². The van der Waals surface area contributed by atoms with E-state index >= 15 is 0 Å². The lowest BCUT2D eigenvalue weighted by molar-refractivity contribution is -0.117. The summed E-state index contributed by atoms with van der Waals surface area (Å²) in [6.07, 6.45) is 4.28. The summed E-state index contributed by atoms with van der Waals surface area (Å²) in [7, 11) is -0.403. The van der Waals surface area contributed by atoms with Gasteiger partial charge < -0.3 is 14.6 Å². The fourth-order valence-corrected chi connectivity index (χ4v) is 3.83. The summed E-state index contributed by atoms with van der Waals surface area (Å²) in [5, 5.41) is 5.16. The second kappa shape index (κ2) is 8.10. The molecule has 3 aromatic rings. The Morgan fingerprint density at radius 3 is 2.32 bits per heavy atom. The number of pyridine rings is 1. The lowest BCUT2D eigenvalue weighted by atomic mass is 9.78. The summed E-state index contributed by atoms with van der Waals surface area (Å²) < 4.78 is 12.3. The summed E-state index contributed by atoms with van der Waals surface area (Å²) >= 11 is 0. The predicted molar refractivity (Wildman–Crippen MR) is 126 cm³/mol. The number of hydrogen-bond donors (Lipinski definition) is 1. The van der Waals surface area contributed by atoms with Crippen LogP contribution in [0.2, 0.25) is 0 Å². The van der Waals surface area contributed by atoms with E-state index in [2.05, 4.69) is 10.3 Å². The number of hydrogen-bond acceptors (Lipinski definition) is 4. The van der Waals surface area contributed by atoms with Crippen LogP contribution in [0.15, 0.2) is 60.9 Å². The molecule has 1 atom stereocenters. The second-order valence-electron chi connectivity index (χ2n) is 9.14. The Bertz CT molecular complexity index is 1080. The Balaban J connectivity index is 1.49. The lowest BCUT2D eigenvalue weighted by Gasteiger charge is -2.32. The zero-order chi connectivity index (χ0) is 22.2. The van der Waals surface area contributed by atoms with E-state index in [0.717, 1.165) is 27.5 Å². The van der Waals surface area contributed by atoms with Crippen molar-refractivity contribution in [1.29, 1.82) is 0 Å². The normalized spacial score (nSPS) is 18.2. The summed E-state index contributed by atoms with van der Waals surface area (Å²) in [4.78, 5) is 17.1. The van der Waals surface area contributed by atoms with Crippen molar-refractivity contribution < 1.29 is 14.1 Å². The topological polar surface area (TPSA) is 60.5 Å². The molecule has 1 amide bonds. The standard InChI is InChI=1S/C25H29BN2O3/c1-6-22(23(29)28-21-12-9-19-16-27-14-13-18(19)15-21)17-7-10-20(11-8-17)26-30-24(2,3)25(4,5)31-26/h7-16,22H,6H2,1-5H3,(H,28,29). The van der Waals surface area contributed by atoms with Gasteiger partial charge in [-0.1, -0.05) is 37.3 Å². The third-order valence-electron chi connectivity index (χ3n) is 6.50. The van der Waals surface area contributed by atoms with Crippen LogP contribution in [0.1, 0.15) is 52.5 Å². The van der Waals surface area contributed by atoms with Crippen molar-refractivity contribution in [2.24, 2.45) is 0 Å². The van der Waals surface area contributed by atoms with Gasteiger partial charge in [-0.2, -0.15) is 0 Å². The monoisotopic (exact) mass is 416 g/mol. The molecule has 160 valence electrons. The molecule has 0 spiro atoms. The molecule has 1 saturated heterocycles. The van der Waals surface area contributed by atoms with Crippen LogP contribution in [-0.2, 0) is 14.1 Å². The molecule has 1 aliphatic rings. The Labute approximate surface area is 184 Å². The Morgan fingerprint density at radius 1 is 1.00 bits per heavy atom. The molecule has 6 heteroatoms. The highest BCUT2D eigenvalue weighted by molar-refractivity contribution is 6.62. The number of fused-ring (bicyclic) bond motifs is 1. The molecule has 0 radical (unpaired) electrons. The highest BCUT2D eigenvalue weighted by atomic mass is 16.7. The number of nitrogens with zero attached hydrogens (tertiary/aromatic N) is 1. The molecule has 0 bridgehead atoms. The molecular formula is C25H29BN2O3. The SMILES string of the molecule is CCC(C(=O)Nc1ccc2cnccc2c1)c1ccc(B2OC(C)(C)C(C)(C)O2)cc1. The molecule has 1 N–H and O–H groups in total. The molecule has 2 aromatic carbocycles. The second-order valence-corrected chi connectivity index (χ2v) is 9.14. The summed E-state index contributed by atoms with van der Waals surface area (Å²) in [6, 6.07) is 15.8. The van der Waals surface area contributed by atoms with Crippen molar-refractivity contribution in [3.63, 3.8) is 0 Å². The highest BCUT2D eigenvalue weighted by Gasteiger charge is 2.51. The molecule has 0 saturated carbocycles. The quantitative estimate of drug-likeness (QED) is 0.615. The van der Waals surface area contributed by atoms with Gasteiger partial charge in [0.15, 0.2) is 0 Å². The summed E-state index contributed by atoms with van der Waals surface area (Å²) in [5.41, 5.74) is 1.97. The predicted octanol–water partition coefficient (Wildman–Crippen LogP) is 4.67. The van der Waals surface area contributed by atoms with Crippen LogP contribution in [0, 0.1) is 0 Å². The van der Waals surface area contributed by atoms with E-state index < -0.39 is 7.12 Å². The van der Waals surface area contributed by atoms with Crippen molar-refractivity contribution in [1.82, 2.24) is 4.98 Å². The number of benzene rings is 2. The lowest BCUT2D eigenvalue weighted by Crippen LogP contribution is -2.41. The molecule has 31 heavy (non-hydrogen) atoms. The molecule has 2 heterocycles. The van der Waals surface area contributed by atoms with Gasteiger partial charge in [0.1, 0.15) is 0 Å². The molecule has 1 aromatic heterocycles. The van der Waals surface area contributed by atoms with Gasteiger partial charge in [-0.15, -0.1) is 0 Å². The number of nitrogens with one attached hydrogen (secondary N) is 1. The Hall–Kier alpha value is -2.70. The Morgan fingerprint density at radius 2 is 1.68 bits per heavy atom. The molecule has 1 fully saturated rings. The maximum absolute atomic E-state index is 13.0. The first kappa shape index (κ1) is 21.5. The third-order valence-corrected chi connectivity index (χ3v) is 6.50. The molecule has 0 aliphatic carbocycles. The zero-order valence-electron chi connectivity index (χ0n) is 18.8. The fraction of sp³-hybridized carbons (Fsp3) is 0.360. The van der Waals surface area contributed by atoms with Gasteiger partial charge in [0.2, 0.25) is 5.91 Å². The minimum Gasteiger partial charge on any atom is -0.399 e. The summed E-state index contributed by atoms with van der Waals surface area (Å²) in [6.45, 7) is 10.2. The van der Waals surface area contributed by atoms with Crippen LogP contribution in [0.3, 0.4) is 0 Å². The van der Waals surface area contributed by atoms with Gasteiger partial charge in [0.05, 0.1) is 17.1 Å². The fourth-order valence-electron chi connectivity index (χ4n) is 3.83. The number of rotatable bonds is 5. The number of carbonyl (C=O) groups excluding carboxylic acids is 1. The van der Waals surface area contributed by atoms with Gasteiger partial charge in [-0.05, 0) is 68.7 Å². The summed E-state index contributed by atoms with van der Waals surface area (Å²) in [5.74, 6) is -0.250. The highest BCUT2D eigenvalue weighted by Crippen LogP contribution is 2.36. The largest absolute Gasteiger partial charge is 0.494 e. The number of anilines is 1. The van der Waals surface area contributed by atoms with Gasteiger partial charge in [-0.25, -0.2) is 0 Å². The van der Waals surface area contributed by atoms with E-state index in [4.69, 9.17) is 9.31 Å². The van der Waals surface area contributed by atoms with Crippen LogP contribution < -0.4 is 10.8 Å². The molecule has 5 nitrogen and oxygen atoms in total. The number of carbonyl (C=O) groups is 1. The maximum atomic E-state index is 13.0. The van der Waals surface area contributed by atoms with Gasteiger partial charge in [0, 0.05) is 23.5 Å². The minimum absolute atomic E-state index is 0.0145. The van der Waals surface area contributed by atoms with E-state index in [9.17, 15) is 4.79 Å². The van der Waals surface area contributed by atoms with Crippen LogP contribution >= 0.6 is 0 Å². The van der Waals surface area contributed by atoms with E-state index in [0.29, 0.717) is 6.42 Å². The van der Waals surface area contributed by atoms with Crippen LogP contribution in [-0.4, -0.2) is 29.2 Å². The molecule has 1 unspecified atom stereocenters. The molecular weight excluding hydrogens is 387 g/mol. The number of aromatic nitrogens is 1. The van der Waals surface area contributed by atoms with Crippen molar-refractivity contribution in [3.8, 4) is 0 Å². The van der Waals surface area contributed by atoms with Gasteiger partial charge in [-0.3, -0.25) is 9.78 Å². The van der Waals surface area contributed by atoms with E-state index in [1.807, 2.05) is 89.3 Å². The smallest absolute Gasteiger partial charge is 0.399 e. The third kappa shape index (κ3) is 4.23. The number of amides is 1. The first-order valence-electron chi connectivity index (χ1n) is 10.8. The van der Waals surface area contributed by atoms with Gasteiger partial charge >= 0.3 is 7.12 Å². The van der Waals surface area contributed by atoms with Gasteiger partial charge in [0.25, 0.3) is 0 Å². The van der Waals surface area contributed by atoms with Crippen LogP contribution in [0.5, 0.6) is 0 Å². The molecule has 1 aliphatic heterocycles. The van der Waals surface area contributed by atoms with Crippen LogP contribution in [0.25, 0.3) is 10.8 Å². The first-order valence-corrected chi connectivity index (χ1v) is 10.8. The van der Waals surface area contributed by atoms with Crippen molar-refractivity contribution in [3.05, 3.63) is 66.5 Å². The molecule has 4 rings (SSSR count). The van der Waals surface area contributed by atoms with Crippen molar-refractivity contribution in [2.45, 2.75) is 58.2 Å². The Kier molecular flexibility index (Phi) is 5.62. The van der Waals surface area contributed by atoms with E-state index in [-0.39, 0.29) is 23.0 Å². The van der Waals surface area contributed by atoms with Crippen molar-refractivity contribution in [2.75, 3.05) is 5.32 Å². The zero-order valence-corrected chi connectivity index (χ0v) is 18.8. The maximum Gasteiger partial charge on any atom is 0.494 e. The average Bonchev–Trinajstić information content (AvgIpc) is 2.96.